The molecule has 5 nitrogen and oxygen atoms in total. The smallest absolute Gasteiger partial charge is 0.375 e. The van der Waals surface area contributed by atoms with Gasteiger partial charge in [-0.2, -0.15) is 0 Å². The molecule has 21 heavy (non-hydrogen) atoms. The third kappa shape index (κ3) is 2.33. The van der Waals surface area contributed by atoms with E-state index < -0.39 is 5.97 Å². The van der Waals surface area contributed by atoms with Gasteiger partial charge in [0.05, 0.1) is 24.2 Å². The zero-order valence-electron chi connectivity index (χ0n) is 11.8. The van der Waals surface area contributed by atoms with E-state index in [1.165, 1.54) is 7.11 Å². The van der Waals surface area contributed by atoms with E-state index in [1.807, 2.05) is 60.5 Å². The lowest BCUT2D eigenvalue weighted by atomic mass is 10.1. The monoisotopic (exact) mass is 281 g/mol. The Labute approximate surface area is 122 Å². The fraction of sp³-hybridized carbons (Fsp3) is 0.125. The molecule has 0 saturated carbocycles. The van der Waals surface area contributed by atoms with Gasteiger partial charge in [-0.25, -0.2) is 9.79 Å². The van der Waals surface area contributed by atoms with Gasteiger partial charge in [-0.15, -0.1) is 0 Å². The molecule has 2 aromatic carbocycles. The number of hydrogen-bond acceptors (Lipinski definition) is 5. The topological polar surface area (TPSA) is 53.9 Å². The predicted octanol–water partition coefficient (Wildman–Crippen LogP) is 2.85. The highest BCUT2D eigenvalue weighted by molar-refractivity contribution is 6.37. The number of ether oxygens (including phenoxy) is 1. The third-order valence-corrected chi connectivity index (χ3v) is 3.29. The molecule has 0 saturated heterocycles. The van der Waals surface area contributed by atoms with Gasteiger partial charge in [-0.1, -0.05) is 30.3 Å². The Morgan fingerprint density at radius 2 is 1.90 bits per heavy atom. The molecule has 2 aromatic rings. The summed E-state index contributed by atoms with van der Waals surface area (Å²) in [5.41, 5.74) is 6.59. The van der Waals surface area contributed by atoms with Gasteiger partial charge in [0.1, 0.15) is 0 Å². The van der Waals surface area contributed by atoms with Crippen LogP contribution in [0.2, 0.25) is 0 Å². The highest BCUT2D eigenvalue weighted by atomic mass is 16.5. The van der Waals surface area contributed by atoms with Crippen LogP contribution in [0.15, 0.2) is 53.5 Å². The maximum Gasteiger partial charge on any atom is 0.375 e. The summed E-state index contributed by atoms with van der Waals surface area (Å²) in [5.74, 6) is -0.326. The molecular formula is C16H15N3O2. The first kappa shape index (κ1) is 13.2. The van der Waals surface area contributed by atoms with Crippen molar-refractivity contribution in [3.8, 4) is 0 Å². The quantitative estimate of drug-likeness (QED) is 0.860. The molecule has 0 aromatic heterocycles. The number of nitrogens with one attached hydrogen (secondary N) is 1. The minimum atomic E-state index is -0.496. The molecule has 0 aliphatic carbocycles. The Hall–Kier alpha value is -2.82. The number of anilines is 2. The summed E-state index contributed by atoms with van der Waals surface area (Å²) in [6.07, 6.45) is 0. The van der Waals surface area contributed by atoms with Gasteiger partial charge >= 0.3 is 5.97 Å². The Kier molecular flexibility index (Phi) is 3.31. The van der Waals surface area contributed by atoms with Crippen LogP contribution in [-0.4, -0.2) is 18.9 Å². The number of methoxy groups -OCH3 is 1. The number of aryl methyl sites for hydroxylation is 1. The van der Waals surface area contributed by atoms with E-state index in [4.69, 9.17) is 4.74 Å². The highest BCUT2D eigenvalue weighted by Crippen LogP contribution is 2.37. The van der Waals surface area contributed by atoms with Gasteiger partial charge < -0.3 is 4.74 Å². The maximum atomic E-state index is 11.8. The predicted molar refractivity (Wildman–Crippen MR) is 82.0 cm³/mol. The summed E-state index contributed by atoms with van der Waals surface area (Å²) < 4.78 is 4.77. The Morgan fingerprint density at radius 3 is 2.62 bits per heavy atom. The van der Waals surface area contributed by atoms with Crippen molar-refractivity contribution in [2.24, 2.45) is 4.99 Å². The van der Waals surface area contributed by atoms with E-state index in [2.05, 4.69) is 10.4 Å². The van der Waals surface area contributed by atoms with Crippen molar-refractivity contribution in [2.75, 3.05) is 12.1 Å². The van der Waals surface area contributed by atoms with E-state index in [0.717, 1.165) is 22.6 Å². The van der Waals surface area contributed by atoms with Crippen molar-refractivity contribution in [1.82, 2.24) is 5.43 Å². The second-order valence-electron chi connectivity index (χ2n) is 4.68. The van der Waals surface area contributed by atoms with Crippen molar-refractivity contribution in [3.63, 3.8) is 0 Å². The van der Waals surface area contributed by atoms with Crippen LogP contribution in [0.25, 0.3) is 0 Å². The summed E-state index contributed by atoms with van der Waals surface area (Å²) in [6, 6.07) is 15.6. The van der Waals surface area contributed by atoms with E-state index >= 15 is 0 Å². The molecule has 1 N–H and O–H groups in total. The number of carbonyl (C=O) groups excluding carboxylic acids is 1. The van der Waals surface area contributed by atoms with Crippen molar-refractivity contribution in [3.05, 3.63) is 54.1 Å². The summed E-state index contributed by atoms with van der Waals surface area (Å²) in [7, 11) is 1.34. The van der Waals surface area contributed by atoms with E-state index in [-0.39, 0.29) is 5.84 Å². The number of amidine groups is 1. The lowest BCUT2D eigenvalue weighted by molar-refractivity contribution is -0.133. The van der Waals surface area contributed by atoms with Gasteiger partial charge in [0.25, 0.3) is 0 Å². The minimum Gasteiger partial charge on any atom is -0.463 e. The number of aliphatic imine (C=N–C) groups is 1. The molecule has 1 heterocycles. The van der Waals surface area contributed by atoms with Gasteiger partial charge in [-0.05, 0) is 30.7 Å². The number of hydrazine groups is 1. The molecule has 0 spiro atoms. The summed E-state index contributed by atoms with van der Waals surface area (Å²) >= 11 is 0. The standard InChI is InChI=1S/C16H15N3O2/c1-11-7-6-10-13-14(11)17-15(16(20)21-2)18-19(13)12-8-4-3-5-9-12/h3-10H,1-2H3,(H,17,18). The number of rotatable bonds is 2. The van der Waals surface area contributed by atoms with E-state index in [9.17, 15) is 4.79 Å². The fourth-order valence-electron chi connectivity index (χ4n) is 2.24. The number of hydrogen-bond donors (Lipinski definition) is 1. The first-order valence-electron chi connectivity index (χ1n) is 6.59. The zero-order valence-corrected chi connectivity index (χ0v) is 11.8. The summed E-state index contributed by atoms with van der Waals surface area (Å²) in [4.78, 5) is 16.2. The van der Waals surface area contributed by atoms with Crippen LogP contribution >= 0.6 is 0 Å². The number of fused-ring (bicyclic) bond motifs is 1. The third-order valence-electron chi connectivity index (χ3n) is 3.29. The molecule has 3 rings (SSSR count). The average molecular weight is 281 g/mol. The summed E-state index contributed by atoms with van der Waals surface area (Å²) in [5, 5.41) is 1.83. The molecule has 106 valence electrons. The Morgan fingerprint density at radius 1 is 1.14 bits per heavy atom. The van der Waals surface area contributed by atoms with Crippen LogP contribution in [0.4, 0.5) is 17.1 Å². The molecule has 0 bridgehead atoms. The lowest BCUT2D eigenvalue weighted by Gasteiger charge is -2.31. The number of esters is 1. The molecule has 0 unspecified atom stereocenters. The first-order valence-corrected chi connectivity index (χ1v) is 6.59. The Balaban J connectivity index is 2.14. The van der Waals surface area contributed by atoms with Gasteiger partial charge in [0, 0.05) is 0 Å². The number of para-hydroxylation sites is 2. The molecule has 0 radical (unpaired) electrons. The van der Waals surface area contributed by atoms with Crippen molar-refractivity contribution in [2.45, 2.75) is 6.92 Å². The van der Waals surface area contributed by atoms with Crippen LogP contribution in [0, 0.1) is 6.92 Å². The van der Waals surface area contributed by atoms with Gasteiger partial charge in [0.15, 0.2) is 0 Å². The van der Waals surface area contributed by atoms with Crippen molar-refractivity contribution in [1.29, 1.82) is 0 Å². The molecule has 0 fully saturated rings. The number of nitrogens with zero attached hydrogens (tertiary/aromatic N) is 2. The molecule has 1 aliphatic rings. The van der Waals surface area contributed by atoms with Crippen LogP contribution < -0.4 is 10.4 Å². The number of benzene rings is 2. The zero-order chi connectivity index (χ0) is 14.8. The largest absolute Gasteiger partial charge is 0.463 e. The average Bonchev–Trinajstić information content (AvgIpc) is 2.54. The molecule has 0 amide bonds. The molecule has 1 aliphatic heterocycles. The Bertz CT molecular complexity index is 711. The fourth-order valence-corrected chi connectivity index (χ4v) is 2.24. The highest BCUT2D eigenvalue weighted by Gasteiger charge is 2.25. The van der Waals surface area contributed by atoms with E-state index in [0.29, 0.717) is 0 Å². The maximum absolute atomic E-state index is 11.8. The normalized spacial score (nSPS) is 13.0. The number of carbonyl (C=O) groups is 1. The molecule has 0 atom stereocenters. The second kappa shape index (κ2) is 5.28. The first-order chi connectivity index (χ1) is 10.2. The van der Waals surface area contributed by atoms with E-state index in [1.54, 1.807) is 0 Å². The summed E-state index contributed by atoms with van der Waals surface area (Å²) in [6.45, 7) is 1.96. The van der Waals surface area contributed by atoms with Crippen LogP contribution in [0.3, 0.4) is 0 Å². The molecule has 5 heteroatoms. The van der Waals surface area contributed by atoms with Crippen LogP contribution in [-0.2, 0) is 9.53 Å². The van der Waals surface area contributed by atoms with Gasteiger partial charge in [0.2, 0.25) is 5.84 Å². The van der Waals surface area contributed by atoms with Crippen molar-refractivity contribution >= 4 is 28.9 Å². The lowest BCUT2D eigenvalue weighted by Crippen LogP contribution is -2.45. The van der Waals surface area contributed by atoms with Crippen LogP contribution in [0.1, 0.15) is 5.56 Å². The second-order valence-corrected chi connectivity index (χ2v) is 4.68. The van der Waals surface area contributed by atoms with Crippen LogP contribution in [0.5, 0.6) is 0 Å². The SMILES string of the molecule is COC(=O)C1=Nc2c(C)cccc2N(c2ccccc2)N1. The minimum absolute atomic E-state index is 0.170. The van der Waals surface area contributed by atoms with Gasteiger partial charge in [-0.3, -0.25) is 10.4 Å². The molecular weight excluding hydrogens is 266 g/mol. The van der Waals surface area contributed by atoms with Crippen molar-refractivity contribution < 1.29 is 9.53 Å².